The van der Waals surface area contributed by atoms with Gasteiger partial charge < -0.3 is 18.9 Å². The Kier molecular flexibility index (Phi) is 27.3. The number of unbranched alkanes of at least 4 members (excludes halogenated alkanes) is 3. The van der Waals surface area contributed by atoms with Crippen molar-refractivity contribution >= 4 is 79.6 Å². The number of carbonyl (C=O) groups is 4. The monoisotopic (exact) mass is 1210 g/mol. The molecule has 406 valence electrons. The molecule has 1 aromatic heterocycles. The Morgan fingerprint density at radius 3 is 1.93 bits per heavy atom. The van der Waals surface area contributed by atoms with Gasteiger partial charge in [0.25, 0.3) is 5.91 Å². The number of amides is 2. The van der Waals surface area contributed by atoms with Gasteiger partial charge in [0.05, 0.1) is 12.5 Å². The van der Waals surface area contributed by atoms with Gasteiger partial charge in [-0.05, 0) is 74.1 Å². The van der Waals surface area contributed by atoms with Crippen LogP contribution in [0.2, 0.25) is 51.1 Å². The summed E-state index contributed by atoms with van der Waals surface area (Å²) in [6, 6.07) is 6.33. The van der Waals surface area contributed by atoms with Crippen LogP contribution in [0.5, 0.6) is 5.75 Å². The first kappa shape index (κ1) is 65.3. The SMILES string of the molecule is CCC[CH2][Sn](/[CH]=C/CNC(=O)/C=C/[C@@H](C)[C@H](OC(=O)[C@H](Cc1ccc(OC(C)(C)C)cc1)NC(=O)c1nc(CC(=O)C[C@@H](/C=C(\C)Br)O[Si](C)(C)C(C)(C)C)oc1[Si](C)(C)C)C(C)C)([CH2]CCC)[CH2]CCC. The first-order chi connectivity index (χ1) is 33.4. The molecule has 11 nitrogen and oxygen atoms in total. The fourth-order valence-corrected chi connectivity index (χ4v) is 25.6. The summed E-state index contributed by atoms with van der Waals surface area (Å²) in [5.41, 5.74) is 0.434. The molecule has 0 aliphatic rings. The second kappa shape index (κ2) is 30.1. The van der Waals surface area contributed by atoms with Gasteiger partial charge in [0.1, 0.15) is 30.6 Å². The van der Waals surface area contributed by atoms with E-state index in [0.717, 1.165) is 10.0 Å². The van der Waals surface area contributed by atoms with E-state index in [1.165, 1.54) is 57.9 Å². The van der Waals surface area contributed by atoms with E-state index in [-0.39, 0.29) is 59.4 Å². The fraction of sp³-hybridized carbons (Fsp3) is 0.667. The van der Waals surface area contributed by atoms with E-state index in [1.54, 1.807) is 6.08 Å². The number of nitrogens with one attached hydrogen (secondary N) is 2. The zero-order valence-electron chi connectivity index (χ0n) is 47.9. The van der Waals surface area contributed by atoms with Crippen LogP contribution in [-0.4, -0.2) is 93.7 Å². The van der Waals surface area contributed by atoms with Crippen LogP contribution in [0, 0.1) is 11.8 Å². The van der Waals surface area contributed by atoms with Crippen LogP contribution in [0.15, 0.2) is 61.6 Å². The van der Waals surface area contributed by atoms with E-state index in [1.807, 2.05) is 98.4 Å². The zero-order chi connectivity index (χ0) is 54.7. The minimum atomic E-state index is -2.47. The van der Waals surface area contributed by atoms with Gasteiger partial charge in [0.15, 0.2) is 14.0 Å². The molecule has 0 saturated heterocycles. The van der Waals surface area contributed by atoms with Crippen molar-refractivity contribution in [3.63, 3.8) is 0 Å². The van der Waals surface area contributed by atoms with Gasteiger partial charge in [-0.1, -0.05) is 68.5 Å². The van der Waals surface area contributed by atoms with Crippen LogP contribution in [-0.2, 0) is 36.4 Å². The molecule has 0 aliphatic heterocycles. The van der Waals surface area contributed by atoms with Gasteiger partial charge in [-0.25, -0.2) is 4.98 Å². The Labute approximate surface area is 450 Å². The molecule has 2 N–H and O–H groups in total. The zero-order valence-corrected chi connectivity index (χ0v) is 54.3. The van der Waals surface area contributed by atoms with Crippen molar-refractivity contribution in [3.05, 3.63) is 74.3 Å². The Bertz CT molecular complexity index is 2090. The third kappa shape index (κ3) is 23.4. The third-order valence-corrected chi connectivity index (χ3v) is 34.0. The number of benzene rings is 1. The maximum absolute atomic E-state index is 14.5. The summed E-state index contributed by atoms with van der Waals surface area (Å²) >= 11 is 1.06. The number of hydrogen-bond donors (Lipinski definition) is 2. The van der Waals surface area contributed by atoms with E-state index in [0.29, 0.717) is 17.7 Å². The number of Topliss-reactive ketones (excluding diaryl/α,β-unsaturated/α-hetero) is 1. The Hall–Kier alpha value is -2.80. The topological polar surface area (TPSA) is 146 Å². The standard InChI is InChI=1S/C45H69BrN3O8Si2.3C4H9.Sn/c1-17-24-47-37(51)23-18-30(4)40(29(2)3)55-42(53)36(26-32-19-21-34(22-20-32)56-44(6,7)8)48-41(52)39-43(58(12,13)14)54-38(49-39)28-33(50)27-35(25-31(5)46)57-59(15,16)45(9,10)11;3*1-3-4-2;/h1,17-23,25,29-30,35-36,40H,24,26-28H2,2-16H3,(H,47,51)(H,48,52);3*1,3-4H2,2H3;/b17-1?,23-18+,31-25+;;;;/t30-,35-,36+,40-;;;;/m1..../s1. The molecular formula is C57H96BrN3O8Si2Sn. The van der Waals surface area contributed by atoms with Gasteiger partial charge >= 0.3 is 196 Å². The van der Waals surface area contributed by atoms with Crippen molar-refractivity contribution in [1.82, 2.24) is 15.6 Å². The van der Waals surface area contributed by atoms with Crippen molar-refractivity contribution in [2.24, 2.45) is 11.8 Å². The number of hydrogen-bond acceptors (Lipinski definition) is 9. The van der Waals surface area contributed by atoms with Crippen LogP contribution in [0.4, 0.5) is 0 Å². The molecule has 72 heavy (non-hydrogen) atoms. The van der Waals surface area contributed by atoms with E-state index in [2.05, 4.69) is 96.4 Å². The van der Waals surface area contributed by atoms with Crippen molar-refractivity contribution in [3.8, 4) is 5.75 Å². The molecule has 4 atom stereocenters. The number of allylic oxidation sites excluding steroid dienone is 1. The van der Waals surface area contributed by atoms with Crippen LogP contribution < -0.4 is 20.8 Å². The molecule has 1 heterocycles. The molecule has 0 unspecified atom stereocenters. The van der Waals surface area contributed by atoms with Gasteiger partial charge in [0.2, 0.25) is 5.89 Å². The van der Waals surface area contributed by atoms with Gasteiger partial charge in [-0.3, -0.25) is 9.59 Å². The summed E-state index contributed by atoms with van der Waals surface area (Å²) in [4.78, 5) is 60.6. The van der Waals surface area contributed by atoms with Gasteiger partial charge in [-0.2, -0.15) is 0 Å². The quantitative estimate of drug-likeness (QED) is 0.0428. The first-order valence-corrected chi connectivity index (χ1v) is 41.7. The molecule has 0 fully saturated rings. The number of aromatic nitrogens is 1. The Morgan fingerprint density at radius 1 is 0.875 bits per heavy atom. The summed E-state index contributed by atoms with van der Waals surface area (Å²) in [5.74, 6) is -1.16. The second-order valence-electron chi connectivity index (χ2n) is 23.9. The number of nitrogens with zero attached hydrogens (tertiary/aromatic N) is 1. The molecule has 2 rings (SSSR count). The number of esters is 1. The molecule has 0 saturated carbocycles. The van der Waals surface area contributed by atoms with E-state index in [4.69, 9.17) is 18.3 Å². The fourth-order valence-electron chi connectivity index (χ4n) is 8.37. The summed E-state index contributed by atoms with van der Waals surface area (Å²) in [6.07, 6.45) is 14.0. The normalized spacial score (nSPS) is 14.9. The Balaban J connectivity index is 2.43. The molecule has 0 radical (unpaired) electrons. The molecule has 1 aromatic carbocycles. The number of carbonyl (C=O) groups excluding carboxylic acids is 4. The number of ether oxygens (including phenoxy) is 2. The number of oxazole rings is 1. The number of ketones is 1. The van der Waals surface area contributed by atoms with E-state index in [9.17, 15) is 19.2 Å². The van der Waals surface area contributed by atoms with Crippen molar-refractivity contribution in [2.45, 2.75) is 223 Å². The Morgan fingerprint density at radius 2 is 1.44 bits per heavy atom. The molecule has 0 spiro atoms. The maximum atomic E-state index is 14.5. The molecule has 0 aliphatic carbocycles. The van der Waals surface area contributed by atoms with Crippen molar-refractivity contribution in [2.75, 3.05) is 6.54 Å². The first-order valence-electron chi connectivity index (χ1n) is 26.8. The molecular weight excluding hydrogens is 1110 g/mol. The molecule has 2 aromatic rings. The average molecular weight is 1210 g/mol. The van der Waals surface area contributed by atoms with Crippen molar-refractivity contribution in [1.29, 1.82) is 0 Å². The predicted octanol–water partition coefficient (Wildman–Crippen LogP) is 13.7. The van der Waals surface area contributed by atoms with Gasteiger partial charge in [-0.15, -0.1) is 0 Å². The summed E-state index contributed by atoms with van der Waals surface area (Å²) in [7, 11) is -4.60. The number of halogens is 1. The summed E-state index contributed by atoms with van der Waals surface area (Å²) < 4.78 is 32.9. The van der Waals surface area contributed by atoms with E-state index >= 15 is 0 Å². The van der Waals surface area contributed by atoms with Crippen molar-refractivity contribution < 1.29 is 37.5 Å². The molecule has 0 bridgehead atoms. The van der Waals surface area contributed by atoms with Crippen LogP contribution in [0.3, 0.4) is 0 Å². The predicted molar refractivity (Wildman–Crippen MR) is 309 cm³/mol. The average Bonchev–Trinajstić information content (AvgIpc) is 3.70. The third-order valence-electron chi connectivity index (χ3n) is 13.3. The summed E-state index contributed by atoms with van der Waals surface area (Å²) in [6.45, 7) is 37.9. The van der Waals surface area contributed by atoms with Gasteiger partial charge in [0, 0.05) is 12.8 Å². The molecule has 2 amide bonds. The summed E-state index contributed by atoms with van der Waals surface area (Å²) in [5, 5.41) is 6.41. The van der Waals surface area contributed by atoms with E-state index < -0.39 is 70.5 Å². The van der Waals surface area contributed by atoms with Crippen LogP contribution in [0.1, 0.15) is 157 Å². The van der Waals surface area contributed by atoms with Crippen LogP contribution >= 0.6 is 15.9 Å². The molecule has 15 heteroatoms. The minimum absolute atomic E-state index is 0.0561. The second-order valence-corrected chi connectivity index (χ2v) is 47.9. The van der Waals surface area contributed by atoms with Crippen LogP contribution in [0.25, 0.3) is 0 Å². The number of rotatable bonds is 31.